The molecule has 1 saturated heterocycles. The second-order valence-electron chi connectivity index (χ2n) is 9.79. The summed E-state index contributed by atoms with van der Waals surface area (Å²) in [5.41, 5.74) is 1.62. The van der Waals surface area contributed by atoms with E-state index in [1.165, 1.54) is 0 Å². The quantitative estimate of drug-likeness (QED) is 0.393. The van der Waals surface area contributed by atoms with Crippen molar-refractivity contribution in [2.45, 2.75) is 58.4 Å². The Morgan fingerprint density at radius 2 is 1.81 bits per heavy atom. The molecule has 2 heterocycles. The predicted octanol–water partition coefficient (Wildman–Crippen LogP) is 4.31. The van der Waals surface area contributed by atoms with Crippen molar-refractivity contribution in [1.29, 1.82) is 0 Å². The Labute approximate surface area is 218 Å². The van der Waals surface area contributed by atoms with Crippen LogP contribution in [0.5, 0.6) is 11.5 Å². The zero-order chi connectivity index (χ0) is 25.7. The molecule has 4 rings (SSSR count). The van der Waals surface area contributed by atoms with E-state index < -0.39 is 11.7 Å². The predicted molar refractivity (Wildman–Crippen MR) is 141 cm³/mol. The molecule has 1 aliphatic rings. The summed E-state index contributed by atoms with van der Waals surface area (Å²) >= 11 is 6.25. The lowest BCUT2D eigenvalue weighted by Gasteiger charge is -2.42. The largest absolute Gasteiger partial charge is 0.494 e. The molecule has 0 spiro atoms. The van der Waals surface area contributed by atoms with Gasteiger partial charge in [0.15, 0.2) is 0 Å². The highest BCUT2D eigenvalue weighted by molar-refractivity contribution is 6.32. The molecule has 0 amide bonds. The number of aliphatic hydroxyl groups is 2. The van der Waals surface area contributed by atoms with E-state index in [9.17, 15) is 10.2 Å². The first-order valence-corrected chi connectivity index (χ1v) is 12.8. The lowest BCUT2D eigenvalue weighted by atomic mass is 9.90. The van der Waals surface area contributed by atoms with Gasteiger partial charge in [0.25, 0.3) is 0 Å². The molecule has 2 aromatic carbocycles. The minimum Gasteiger partial charge on any atom is -0.494 e. The van der Waals surface area contributed by atoms with Crippen molar-refractivity contribution in [3.05, 3.63) is 76.3 Å². The maximum atomic E-state index is 11.2. The van der Waals surface area contributed by atoms with Gasteiger partial charge < -0.3 is 24.3 Å². The van der Waals surface area contributed by atoms with Gasteiger partial charge in [0.1, 0.15) is 29.5 Å². The van der Waals surface area contributed by atoms with Gasteiger partial charge in [-0.1, -0.05) is 23.7 Å². The summed E-state index contributed by atoms with van der Waals surface area (Å²) in [5, 5.41) is 22.5. The van der Waals surface area contributed by atoms with E-state index >= 15 is 0 Å². The standard InChI is InChI=1S/C28H36ClN3O4/c1-20-15-25(16-21(2)27(20)29)36-19-28(34)18-31(12-9-26(28)33)17-23-5-7-24(8-6-23)35-14-4-11-32-13-10-30-22(32)3/h5-8,10,13,15-16,26,33-34H,4,9,11-12,14,17-19H2,1-3H3/t26-,28-/m0/s1. The number of aryl methyl sites for hydroxylation is 4. The summed E-state index contributed by atoms with van der Waals surface area (Å²) in [6, 6.07) is 11.8. The van der Waals surface area contributed by atoms with Gasteiger partial charge >= 0.3 is 0 Å². The monoisotopic (exact) mass is 513 g/mol. The third-order valence-electron chi connectivity index (χ3n) is 6.80. The molecule has 3 aromatic rings. The summed E-state index contributed by atoms with van der Waals surface area (Å²) in [5.74, 6) is 2.50. The van der Waals surface area contributed by atoms with E-state index in [0.29, 0.717) is 43.4 Å². The van der Waals surface area contributed by atoms with Gasteiger partial charge in [-0.05, 0) is 74.6 Å². The van der Waals surface area contributed by atoms with Crippen molar-refractivity contribution in [2.75, 3.05) is 26.3 Å². The molecule has 1 aromatic heterocycles. The molecule has 0 bridgehead atoms. The first-order valence-electron chi connectivity index (χ1n) is 12.5. The van der Waals surface area contributed by atoms with Crippen LogP contribution in [0.25, 0.3) is 0 Å². The van der Waals surface area contributed by atoms with Crippen LogP contribution in [0.4, 0.5) is 0 Å². The Kier molecular flexibility index (Phi) is 8.57. The Hall–Kier alpha value is -2.58. The molecule has 0 saturated carbocycles. The van der Waals surface area contributed by atoms with Crippen molar-refractivity contribution in [3.63, 3.8) is 0 Å². The zero-order valence-electron chi connectivity index (χ0n) is 21.3. The molecule has 1 aliphatic heterocycles. The number of aromatic nitrogens is 2. The highest BCUT2D eigenvalue weighted by Gasteiger charge is 2.42. The molecule has 36 heavy (non-hydrogen) atoms. The zero-order valence-corrected chi connectivity index (χ0v) is 22.0. The Morgan fingerprint density at radius 1 is 1.08 bits per heavy atom. The summed E-state index contributed by atoms with van der Waals surface area (Å²) in [4.78, 5) is 6.39. The number of hydrogen-bond donors (Lipinski definition) is 2. The summed E-state index contributed by atoms with van der Waals surface area (Å²) < 4.78 is 13.9. The van der Waals surface area contributed by atoms with Crippen molar-refractivity contribution in [3.8, 4) is 11.5 Å². The van der Waals surface area contributed by atoms with Crippen molar-refractivity contribution < 1.29 is 19.7 Å². The maximum Gasteiger partial charge on any atom is 0.137 e. The molecule has 2 atom stereocenters. The van der Waals surface area contributed by atoms with Crippen molar-refractivity contribution in [2.24, 2.45) is 0 Å². The third kappa shape index (κ3) is 6.59. The van der Waals surface area contributed by atoms with Crippen LogP contribution in [0.2, 0.25) is 5.02 Å². The van der Waals surface area contributed by atoms with Gasteiger partial charge in [-0.2, -0.15) is 0 Å². The van der Waals surface area contributed by atoms with Gasteiger partial charge in [-0.15, -0.1) is 0 Å². The van der Waals surface area contributed by atoms with Gasteiger partial charge in [0, 0.05) is 43.6 Å². The van der Waals surface area contributed by atoms with Crippen molar-refractivity contribution in [1.82, 2.24) is 14.5 Å². The number of rotatable bonds is 10. The van der Waals surface area contributed by atoms with E-state index in [1.807, 2.05) is 57.4 Å². The molecule has 2 N–H and O–H groups in total. The fourth-order valence-electron chi connectivity index (χ4n) is 4.63. The van der Waals surface area contributed by atoms with Gasteiger partial charge in [-0.3, -0.25) is 4.90 Å². The van der Waals surface area contributed by atoms with Gasteiger partial charge in [0.05, 0.1) is 12.7 Å². The number of piperidine rings is 1. The Bertz CT molecular complexity index is 1130. The van der Waals surface area contributed by atoms with Crippen LogP contribution < -0.4 is 9.47 Å². The minimum atomic E-state index is -1.35. The van der Waals surface area contributed by atoms with E-state index in [2.05, 4.69) is 26.6 Å². The number of aliphatic hydroxyl groups excluding tert-OH is 1. The van der Waals surface area contributed by atoms with Crippen LogP contribution in [0.3, 0.4) is 0 Å². The first-order chi connectivity index (χ1) is 17.2. The van der Waals surface area contributed by atoms with Crippen LogP contribution in [0, 0.1) is 20.8 Å². The molecular formula is C28H36ClN3O4. The van der Waals surface area contributed by atoms with Gasteiger partial charge in [0.2, 0.25) is 0 Å². The van der Waals surface area contributed by atoms with E-state index in [-0.39, 0.29) is 6.61 Å². The number of hydrogen-bond acceptors (Lipinski definition) is 6. The highest BCUT2D eigenvalue weighted by atomic mass is 35.5. The maximum absolute atomic E-state index is 11.2. The molecule has 0 aliphatic carbocycles. The SMILES string of the molecule is Cc1cc(OC[C@@]2(O)CN(Cc3ccc(OCCCn4ccnc4C)cc3)CC[C@@H]2O)cc(C)c1Cl. The van der Waals surface area contributed by atoms with Crippen LogP contribution in [-0.2, 0) is 13.1 Å². The summed E-state index contributed by atoms with van der Waals surface area (Å²) in [6.07, 6.45) is 4.34. The van der Waals surface area contributed by atoms with Crippen molar-refractivity contribution >= 4 is 11.6 Å². The second kappa shape index (κ2) is 11.6. The Balaban J connectivity index is 1.27. The fourth-order valence-corrected chi connectivity index (χ4v) is 4.74. The topological polar surface area (TPSA) is 80.0 Å². The Morgan fingerprint density at radius 3 is 2.47 bits per heavy atom. The van der Waals surface area contributed by atoms with E-state index in [4.69, 9.17) is 21.1 Å². The number of halogens is 1. The summed E-state index contributed by atoms with van der Waals surface area (Å²) in [6.45, 7) is 9.08. The van der Waals surface area contributed by atoms with Gasteiger partial charge in [-0.25, -0.2) is 4.98 Å². The fraction of sp³-hybridized carbons (Fsp3) is 0.464. The third-order valence-corrected chi connectivity index (χ3v) is 7.40. The molecule has 1 fully saturated rings. The highest BCUT2D eigenvalue weighted by Crippen LogP contribution is 2.29. The molecule has 7 nitrogen and oxygen atoms in total. The normalized spacial score (nSPS) is 20.4. The minimum absolute atomic E-state index is 0.0105. The molecule has 8 heteroatoms. The summed E-state index contributed by atoms with van der Waals surface area (Å²) in [7, 11) is 0. The molecule has 0 radical (unpaired) electrons. The first kappa shape index (κ1) is 26.5. The van der Waals surface area contributed by atoms with Crippen LogP contribution in [0.1, 0.15) is 35.4 Å². The average Bonchev–Trinajstić information content (AvgIpc) is 3.27. The molecule has 0 unspecified atom stereocenters. The second-order valence-corrected chi connectivity index (χ2v) is 10.2. The number of nitrogens with zero attached hydrogens (tertiary/aromatic N) is 3. The number of likely N-dealkylation sites (tertiary alicyclic amines) is 1. The number of β-amino-alcohol motifs (C(OH)–C–C–N with tert-alkyl or cyclic N) is 1. The average molecular weight is 514 g/mol. The molecular weight excluding hydrogens is 478 g/mol. The smallest absolute Gasteiger partial charge is 0.137 e. The lowest BCUT2D eigenvalue weighted by molar-refractivity contribution is -0.140. The molecule has 194 valence electrons. The van der Waals surface area contributed by atoms with Crippen LogP contribution in [0.15, 0.2) is 48.8 Å². The lowest BCUT2D eigenvalue weighted by Crippen LogP contribution is -2.59. The van der Waals surface area contributed by atoms with E-state index in [0.717, 1.165) is 41.2 Å². The number of benzene rings is 2. The van der Waals surface area contributed by atoms with E-state index in [1.54, 1.807) is 0 Å². The van der Waals surface area contributed by atoms with Crippen LogP contribution >= 0.6 is 11.6 Å². The number of ether oxygens (including phenoxy) is 2. The number of imidazole rings is 1. The van der Waals surface area contributed by atoms with Crippen LogP contribution in [-0.4, -0.2) is 62.7 Å².